The lowest BCUT2D eigenvalue weighted by molar-refractivity contribution is -0.116. The molecule has 3 nitrogen and oxygen atoms in total. The topological polar surface area (TPSA) is 38.3 Å². The van der Waals surface area contributed by atoms with Gasteiger partial charge in [-0.15, -0.1) is 0 Å². The Balaban J connectivity index is 1.96. The molecule has 0 spiro atoms. The second-order valence-corrected chi connectivity index (χ2v) is 4.83. The minimum Gasteiger partial charge on any atom is -0.496 e. The van der Waals surface area contributed by atoms with Crippen molar-refractivity contribution in [1.82, 2.24) is 0 Å². The summed E-state index contributed by atoms with van der Waals surface area (Å²) in [5.41, 5.74) is 1.73. The normalized spacial score (nSPS) is 10.1. The number of nitrogens with one attached hydrogen (secondary N) is 1. The van der Waals surface area contributed by atoms with E-state index >= 15 is 0 Å². The maximum atomic E-state index is 12.0. The second kappa shape index (κ2) is 6.96. The number of ketones is 1. The molecule has 0 saturated carbocycles. The van der Waals surface area contributed by atoms with Crippen LogP contribution in [0.3, 0.4) is 0 Å². The molecule has 104 valence electrons. The van der Waals surface area contributed by atoms with Crippen molar-refractivity contribution in [2.45, 2.75) is 6.42 Å². The lowest BCUT2D eigenvalue weighted by Gasteiger charge is -2.09. The van der Waals surface area contributed by atoms with Crippen LogP contribution in [0.1, 0.15) is 5.56 Å². The van der Waals surface area contributed by atoms with Gasteiger partial charge in [0.15, 0.2) is 5.78 Å². The van der Waals surface area contributed by atoms with E-state index < -0.39 is 0 Å². The Bertz CT molecular complexity index is 584. The lowest BCUT2D eigenvalue weighted by atomic mass is 10.1. The molecular formula is C16H16ClNO2. The van der Waals surface area contributed by atoms with Crippen molar-refractivity contribution in [3.63, 3.8) is 0 Å². The van der Waals surface area contributed by atoms with Gasteiger partial charge in [0.05, 0.1) is 13.7 Å². The quantitative estimate of drug-likeness (QED) is 0.883. The highest BCUT2D eigenvalue weighted by atomic mass is 35.5. The molecule has 0 atom stereocenters. The van der Waals surface area contributed by atoms with E-state index in [0.717, 1.165) is 11.3 Å². The Hall–Kier alpha value is -2.00. The zero-order chi connectivity index (χ0) is 14.4. The zero-order valence-corrected chi connectivity index (χ0v) is 12.0. The first-order chi connectivity index (χ1) is 9.69. The number of halogens is 1. The standard InChI is InChI=1S/C16H16ClNO2/c1-20-16-8-7-13(17)9-12(16)10-15(19)11-18-14-5-3-2-4-6-14/h2-9,18H,10-11H2,1H3. The molecule has 4 heteroatoms. The van der Waals surface area contributed by atoms with E-state index in [4.69, 9.17) is 16.3 Å². The maximum absolute atomic E-state index is 12.0. The number of carbonyl (C=O) groups excluding carboxylic acids is 1. The molecule has 0 radical (unpaired) electrons. The summed E-state index contributed by atoms with van der Waals surface area (Å²) < 4.78 is 5.23. The third-order valence-corrected chi connectivity index (χ3v) is 3.13. The summed E-state index contributed by atoms with van der Waals surface area (Å²) in [4.78, 5) is 12.0. The highest BCUT2D eigenvalue weighted by molar-refractivity contribution is 6.30. The molecule has 0 saturated heterocycles. The molecule has 20 heavy (non-hydrogen) atoms. The van der Waals surface area contributed by atoms with Gasteiger partial charge in [-0.3, -0.25) is 4.79 Å². The molecule has 2 aromatic carbocycles. The molecule has 0 aliphatic carbocycles. The minimum atomic E-state index is 0.0782. The molecule has 2 rings (SSSR count). The van der Waals surface area contributed by atoms with Crippen LogP contribution < -0.4 is 10.1 Å². The van der Waals surface area contributed by atoms with Gasteiger partial charge in [0.1, 0.15) is 5.75 Å². The number of rotatable bonds is 6. The first-order valence-electron chi connectivity index (χ1n) is 6.32. The molecule has 0 aromatic heterocycles. The van der Waals surface area contributed by atoms with Crippen LogP contribution in [0.2, 0.25) is 5.02 Å². The summed E-state index contributed by atoms with van der Waals surface area (Å²) in [5.74, 6) is 0.761. The molecule has 0 unspecified atom stereocenters. The number of anilines is 1. The summed E-state index contributed by atoms with van der Waals surface area (Å²) in [5, 5.41) is 3.69. The molecule has 1 N–H and O–H groups in total. The SMILES string of the molecule is COc1ccc(Cl)cc1CC(=O)CNc1ccccc1. The highest BCUT2D eigenvalue weighted by Gasteiger charge is 2.09. The van der Waals surface area contributed by atoms with Gasteiger partial charge in [0.2, 0.25) is 0 Å². The third kappa shape index (κ3) is 4.00. The summed E-state index contributed by atoms with van der Waals surface area (Å²) in [6, 6.07) is 14.9. The van der Waals surface area contributed by atoms with Crippen LogP contribution in [0.5, 0.6) is 5.75 Å². The molecule has 0 amide bonds. The van der Waals surface area contributed by atoms with Crippen LogP contribution in [0.15, 0.2) is 48.5 Å². The largest absolute Gasteiger partial charge is 0.496 e. The van der Waals surface area contributed by atoms with E-state index in [1.165, 1.54) is 0 Å². The van der Waals surface area contributed by atoms with Gasteiger partial charge in [0.25, 0.3) is 0 Å². The summed E-state index contributed by atoms with van der Waals surface area (Å²) in [6.45, 7) is 0.277. The van der Waals surface area contributed by atoms with Crippen LogP contribution in [0, 0.1) is 0 Å². The fraction of sp³-hybridized carbons (Fsp3) is 0.188. The van der Waals surface area contributed by atoms with Crippen molar-refractivity contribution in [3.05, 3.63) is 59.1 Å². The minimum absolute atomic E-state index is 0.0782. The van der Waals surface area contributed by atoms with E-state index in [9.17, 15) is 4.79 Å². The van der Waals surface area contributed by atoms with Crippen molar-refractivity contribution in [2.75, 3.05) is 19.0 Å². The average molecular weight is 290 g/mol. The van der Waals surface area contributed by atoms with Crippen molar-refractivity contribution in [3.8, 4) is 5.75 Å². The molecule has 0 aliphatic rings. The van der Waals surface area contributed by atoms with Gasteiger partial charge < -0.3 is 10.1 Å². The van der Waals surface area contributed by atoms with Gasteiger partial charge in [-0.05, 0) is 30.3 Å². The molecule has 2 aromatic rings. The molecular weight excluding hydrogens is 274 g/mol. The molecule has 0 aliphatic heterocycles. The number of methoxy groups -OCH3 is 1. The van der Waals surface area contributed by atoms with E-state index in [1.807, 2.05) is 30.3 Å². The van der Waals surface area contributed by atoms with Gasteiger partial charge in [-0.2, -0.15) is 0 Å². The average Bonchev–Trinajstić information content (AvgIpc) is 2.46. The fourth-order valence-corrected chi connectivity index (χ4v) is 2.11. The summed E-state index contributed by atoms with van der Waals surface area (Å²) >= 11 is 5.95. The van der Waals surface area contributed by atoms with Crippen LogP contribution in [-0.2, 0) is 11.2 Å². The smallest absolute Gasteiger partial charge is 0.156 e. The monoisotopic (exact) mass is 289 g/mol. The number of benzene rings is 2. The molecule has 0 fully saturated rings. The molecule has 0 heterocycles. The van der Waals surface area contributed by atoms with Gasteiger partial charge >= 0.3 is 0 Å². The van der Waals surface area contributed by atoms with E-state index in [2.05, 4.69) is 5.32 Å². The van der Waals surface area contributed by atoms with Crippen molar-refractivity contribution >= 4 is 23.1 Å². The van der Waals surface area contributed by atoms with Gasteiger partial charge in [0, 0.05) is 22.7 Å². The first kappa shape index (κ1) is 14.4. The maximum Gasteiger partial charge on any atom is 0.156 e. The Morgan fingerprint density at radius 3 is 2.65 bits per heavy atom. The van der Waals surface area contributed by atoms with Crippen LogP contribution in [0.4, 0.5) is 5.69 Å². The van der Waals surface area contributed by atoms with Crippen molar-refractivity contribution in [1.29, 1.82) is 0 Å². The predicted molar refractivity (Wildman–Crippen MR) is 81.6 cm³/mol. The number of hydrogen-bond donors (Lipinski definition) is 1. The van der Waals surface area contributed by atoms with Crippen LogP contribution in [-0.4, -0.2) is 19.4 Å². The number of Topliss-reactive ketones (excluding diaryl/α,β-unsaturated/α-hetero) is 1. The van der Waals surface area contributed by atoms with Crippen molar-refractivity contribution in [2.24, 2.45) is 0 Å². The number of carbonyl (C=O) groups is 1. The number of ether oxygens (including phenoxy) is 1. The first-order valence-corrected chi connectivity index (χ1v) is 6.70. The predicted octanol–water partition coefficient (Wildman–Crippen LogP) is 3.57. The van der Waals surface area contributed by atoms with Crippen molar-refractivity contribution < 1.29 is 9.53 Å². The highest BCUT2D eigenvalue weighted by Crippen LogP contribution is 2.23. The number of para-hydroxylation sites is 1. The zero-order valence-electron chi connectivity index (χ0n) is 11.2. The fourth-order valence-electron chi connectivity index (χ4n) is 1.92. The summed E-state index contributed by atoms with van der Waals surface area (Å²) in [6.07, 6.45) is 0.295. The third-order valence-electron chi connectivity index (χ3n) is 2.89. The Labute approximate surface area is 123 Å². The van der Waals surface area contributed by atoms with Crippen LogP contribution in [0.25, 0.3) is 0 Å². The summed E-state index contributed by atoms with van der Waals surface area (Å²) in [7, 11) is 1.58. The second-order valence-electron chi connectivity index (χ2n) is 4.39. The van der Waals surface area contributed by atoms with Gasteiger partial charge in [-0.25, -0.2) is 0 Å². The molecule has 0 bridgehead atoms. The van der Waals surface area contributed by atoms with E-state index in [1.54, 1.807) is 25.3 Å². The number of hydrogen-bond acceptors (Lipinski definition) is 3. The Morgan fingerprint density at radius 2 is 1.95 bits per heavy atom. The Kier molecular flexibility index (Phi) is 5.02. The van der Waals surface area contributed by atoms with E-state index in [0.29, 0.717) is 17.2 Å². The van der Waals surface area contributed by atoms with Crippen LogP contribution >= 0.6 is 11.6 Å². The Morgan fingerprint density at radius 1 is 1.20 bits per heavy atom. The van der Waals surface area contributed by atoms with Gasteiger partial charge in [-0.1, -0.05) is 29.8 Å². The lowest BCUT2D eigenvalue weighted by Crippen LogP contribution is -2.16. The van der Waals surface area contributed by atoms with E-state index in [-0.39, 0.29) is 12.3 Å².